The number of halogens is 1. The third-order valence-electron chi connectivity index (χ3n) is 4.64. The van der Waals surface area contributed by atoms with Gasteiger partial charge in [0.1, 0.15) is 6.61 Å². The maximum atomic E-state index is 12.4. The van der Waals surface area contributed by atoms with Crippen molar-refractivity contribution in [1.82, 2.24) is 5.32 Å². The van der Waals surface area contributed by atoms with Gasteiger partial charge in [-0.25, -0.2) is 4.79 Å². The van der Waals surface area contributed by atoms with Crippen LogP contribution < -0.4 is 5.32 Å². The number of hydrogen-bond acceptors (Lipinski definition) is 2. The Bertz CT molecular complexity index is 681. The van der Waals surface area contributed by atoms with Gasteiger partial charge in [0.2, 0.25) is 0 Å². The minimum absolute atomic E-state index is 0.293. The van der Waals surface area contributed by atoms with Crippen LogP contribution in [0, 0.1) is 0 Å². The molecule has 1 aliphatic carbocycles. The molecular weight excluding hydrogens is 366 g/mol. The highest BCUT2D eigenvalue weighted by molar-refractivity contribution is 9.10. The predicted octanol–water partition coefficient (Wildman–Crippen LogP) is 5.53. The van der Waals surface area contributed by atoms with E-state index in [4.69, 9.17) is 4.74 Å². The van der Waals surface area contributed by atoms with Crippen molar-refractivity contribution in [3.8, 4) is 0 Å². The summed E-state index contributed by atoms with van der Waals surface area (Å²) in [5.41, 5.74) is 1.82. The SMILES string of the molecule is O=C(NC1(c2cccc(Br)c2)CCCCC1)OCc1ccccc1. The van der Waals surface area contributed by atoms with Gasteiger partial charge >= 0.3 is 6.09 Å². The molecule has 3 rings (SSSR count). The Morgan fingerprint density at radius 1 is 1.04 bits per heavy atom. The average Bonchev–Trinajstić information content (AvgIpc) is 2.62. The van der Waals surface area contributed by atoms with Crippen LogP contribution in [0.25, 0.3) is 0 Å². The van der Waals surface area contributed by atoms with Crippen LogP contribution in [-0.2, 0) is 16.9 Å². The van der Waals surface area contributed by atoms with Gasteiger partial charge in [-0.05, 0) is 36.1 Å². The summed E-state index contributed by atoms with van der Waals surface area (Å²) < 4.78 is 6.48. The van der Waals surface area contributed by atoms with Crippen molar-refractivity contribution in [2.24, 2.45) is 0 Å². The van der Waals surface area contributed by atoms with Gasteiger partial charge in [0.05, 0.1) is 5.54 Å². The molecule has 0 radical (unpaired) electrons. The molecule has 2 aromatic rings. The van der Waals surface area contributed by atoms with Gasteiger partial charge in [0.25, 0.3) is 0 Å². The van der Waals surface area contributed by atoms with E-state index >= 15 is 0 Å². The van der Waals surface area contributed by atoms with Gasteiger partial charge < -0.3 is 10.1 Å². The van der Waals surface area contributed by atoms with Crippen LogP contribution in [0.3, 0.4) is 0 Å². The van der Waals surface area contributed by atoms with Crippen molar-refractivity contribution >= 4 is 22.0 Å². The van der Waals surface area contributed by atoms with Crippen molar-refractivity contribution in [1.29, 1.82) is 0 Å². The van der Waals surface area contributed by atoms with E-state index < -0.39 is 0 Å². The first kappa shape index (κ1) is 17.0. The summed E-state index contributed by atoms with van der Waals surface area (Å²) >= 11 is 3.54. The minimum atomic E-state index is -0.347. The van der Waals surface area contributed by atoms with E-state index in [0.717, 1.165) is 41.3 Å². The molecule has 0 saturated heterocycles. The molecule has 3 nitrogen and oxygen atoms in total. The maximum Gasteiger partial charge on any atom is 0.408 e. The van der Waals surface area contributed by atoms with E-state index in [0.29, 0.717) is 6.61 Å². The molecule has 0 spiro atoms. The molecule has 126 valence electrons. The molecule has 1 fully saturated rings. The normalized spacial score (nSPS) is 16.4. The second-order valence-corrected chi connectivity index (χ2v) is 7.26. The standard InChI is InChI=1S/C20H22BrNO2/c21-18-11-7-10-17(14-18)20(12-5-2-6-13-20)22-19(23)24-15-16-8-3-1-4-9-16/h1,3-4,7-11,14H,2,5-6,12-13,15H2,(H,22,23). The zero-order valence-corrected chi connectivity index (χ0v) is 15.2. The Balaban J connectivity index is 1.71. The number of benzene rings is 2. The first-order valence-corrected chi connectivity index (χ1v) is 9.22. The first-order valence-electron chi connectivity index (χ1n) is 8.43. The van der Waals surface area contributed by atoms with Crippen LogP contribution >= 0.6 is 15.9 Å². The van der Waals surface area contributed by atoms with Gasteiger partial charge in [0, 0.05) is 4.47 Å². The number of hydrogen-bond donors (Lipinski definition) is 1. The highest BCUT2D eigenvalue weighted by atomic mass is 79.9. The highest BCUT2D eigenvalue weighted by Gasteiger charge is 2.36. The van der Waals surface area contributed by atoms with E-state index in [2.05, 4.69) is 33.4 Å². The van der Waals surface area contributed by atoms with E-state index in [9.17, 15) is 4.79 Å². The number of alkyl carbamates (subject to hydrolysis) is 1. The number of carbonyl (C=O) groups is 1. The molecule has 24 heavy (non-hydrogen) atoms. The molecule has 0 atom stereocenters. The monoisotopic (exact) mass is 387 g/mol. The summed E-state index contributed by atoms with van der Waals surface area (Å²) in [6.45, 7) is 0.293. The van der Waals surface area contributed by atoms with E-state index in [1.54, 1.807) is 0 Å². The molecule has 0 bridgehead atoms. The number of nitrogens with one attached hydrogen (secondary N) is 1. The fourth-order valence-electron chi connectivity index (χ4n) is 3.38. The third kappa shape index (κ3) is 4.18. The zero-order chi connectivity index (χ0) is 16.8. The van der Waals surface area contributed by atoms with Gasteiger partial charge in [-0.1, -0.05) is 77.7 Å². The highest BCUT2D eigenvalue weighted by Crippen LogP contribution is 2.38. The third-order valence-corrected chi connectivity index (χ3v) is 5.13. The van der Waals surface area contributed by atoms with Crippen molar-refractivity contribution < 1.29 is 9.53 Å². The Hall–Kier alpha value is -1.81. The second kappa shape index (κ2) is 7.84. The Kier molecular flexibility index (Phi) is 5.56. The summed E-state index contributed by atoms with van der Waals surface area (Å²) in [5, 5.41) is 3.16. The maximum absolute atomic E-state index is 12.4. The first-order chi connectivity index (χ1) is 11.7. The fraction of sp³-hybridized carbons (Fsp3) is 0.350. The molecule has 1 saturated carbocycles. The van der Waals surface area contributed by atoms with Crippen molar-refractivity contribution in [2.75, 3.05) is 0 Å². The summed E-state index contributed by atoms with van der Waals surface area (Å²) in [6.07, 6.45) is 5.00. The number of carbonyl (C=O) groups excluding carboxylic acids is 1. The van der Waals surface area contributed by atoms with Crippen LogP contribution in [0.2, 0.25) is 0 Å². The van der Waals surface area contributed by atoms with Crippen LogP contribution in [0.5, 0.6) is 0 Å². The molecular formula is C20H22BrNO2. The average molecular weight is 388 g/mol. The topological polar surface area (TPSA) is 38.3 Å². The molecule has 0 aromatic heterocycles. The van der Waals surface area contributed by atoms with E-state index in [-0.39, 0.29) is 11.6 Å². The lowest BCUT2D eigenvalue weighted by molar-refractivity contribution is 0.117. The van der Waals surface area contributed by atoms with Crippen molar-refractivity contribution in [3.05, 3.63) is 70.2 Å². The predicted molar refractivity (Wildman–Crippen MR) is 98.7 cm³/mol. The summed E-state index contributed by atoms with van der Waals surface area (Å²) in [7, 11) is 0. The Morgan fingerprint density at radius 2 is 1.79 bits per heavy atom. The number of amides is 1. The molecule has 0 unspecified atom stereocenters. The van der Waals surface area contributed by atoms with Gasteiger partial charge in [-0.2, -0.15) is 0 Å². The van der Waals surface area contributed by atoms with Gasteiger partial charge in [-0.15, -0.1) is 0 Å². The van der Waals surface area contributed by atoms with Crippen molar-refractivity contribution in [2.45, 2.75) is 44.2 Å². The smallest absolute Gasteiger partial charge is 0.408 e. The van der Waals surface area contributed by atoms with Gasteiger partial charge in [0.15, 0.2) is 0 Å². The lowest BCUT2D eigenvalue weighted by Gasteiger charge is -2.38. The Labute approximate surface area is 151 Å². The second-order valence-electron chi connectivity index (χ2n) is 6.34. The Morgan fingerprint density at radius 3 is 2.50 bits per heavy atom. The number of ether oxygens (including phenoxy) is 1. The lowest BCUT2D eigenvalue weighted by Crippen LogP contribution is -2.47. The fourth-order valence-corrected chi connectivity index (χ4v) is 3.78. The number of rotatable bonds is 4. The molecule has 1 aliphatic rings. The zero-order valence-electron chi connectivity index (χ0n) is 13.6. The molecule has 1 N–H and O–H groups in total. The van der Waals surface area contributed by atoms with Gasteiger partial charge in [-0.3, -0.25) is 0 Å². The molecule has 4 heteroatoms. The van der Waals surface area contributed by atoms with Crippen LogP contribution in [-0.4, -0.2) is 6.09 Å². The molecule has 0 heterocycles. The quantitative estimate of drug-likeness (QED) is 0.748. The van der Waals surface area contributed by atoms with E-state index in [1.165, 1.54) is 6.42 Å². The summed E-state index contributed by atoms with van der Waals surface area (Å²) in [4.78, 5) is 12.4. The van der Waals surface area contributed by atoms with Crippen LogP contribution in [0.1, 0.15) is 43.2 Å². The summed E-state index contributed by atoms with van der Waals surface area (Å²) in [5.74, 6) is 0. The summed E-state index contributed by atoms with van der Waals surface area (Å²) in [6, 6.07) is 18.0. The molecule has 1 amide bonds. The van der Waals surface area contributed by atoms with E-state index in [1.807, 2.05) is 42.5 Å². The minimum Gasteiger partial charge on any atom is -0.445 e. The largest absolute Gasteiger partial charge is 0.445 e. The van der Waals surface area contributed by atoms with Crippen molar-refractivity contribution in [3.63, 3.8) is 0 Å². The van der Waals surface area contributed by atoms with Crippen LogP contribution in [0.4, 0.5) is 4.79 Å². The lowest BCUT2D eigenvalue weighted by atomic mass is 9.76. The molecule has 2 aromatic carbocycles. The van der Waals surface area contributed by atoms with Crippen LogP contribution in [0.15, 0.2) is 59.1 Å². The molecule has 0 aliphatic heterocycles.